The topological polar surface area (TPSA) is 55.8 Å². The third kappa shape index (κ3) is 10.6. The summed E-state index contributed by atoms with van der Waals surface area (Å²) in [6.45, 7) is 4.80. The van der Waals surface area contributed by atoms with E-state index in [4.69, 9.17) is 9.05 Å². The molecule has 0 aromatic heterocycles. The van der Waals surface area contributed by atoms with E-state index in [9.17, 15) is 9.46 Å². The molecular weight excluding hydrogens is 227 g/mol. The van der Waals surface area contributed by atoms with Gasteiger partial charge in [-0.15, -0.1) is 0 Å². The van der Waals surface area contributed by atoms with Gasteiger partial charge in [-0.2, -0.15) is 0 Å². The summed E-state index contributed by atoms with van der Waals surface area (Å²) in [5, 5.41) is 0. The van der Waals surface area contributed by atoms with E-state index in [0.717, 1.165) is 44.9 Å². The summed E-state index contributed by atoms with van der Waals surface area (Å²) in [5.41, 5.74) is 0. The molecule has 0 rings (SSSR count). The molecule has 0 aromatic carbocycles. The molecule has 4 nitrogen and oxygen atoms in total. The van der Waals surface area contributed by atoms with E-state index in [1.165, 1.54) is 0 Å². The van der Waals surface area contributed by atoms with Gasteiger partial charge in [0.2, 0.25) is 0 Å². The molecule has 0 fully saturated rings. The maximum atomic E-state index is 11.3. The lowest BCUT2D eigenvalue weighted by molar-refractivity contribution is 0.145. The van der Waals surface area contributed by atoms with Crippen LogP contribution in [0, 0.1) is 0 Å². The van der Waals surface area contributed by atoms with Crippen LogP contribution in [0.4, 0.5) is 0 Å². The van der Waals surface area contributed by atoms with Crippen molar-refractivity contribution in [2.45, 2.75) is 58.8 Å². The maximum Gasteiger partial charge on any atom is 0.472 e. The van der Waals surface area contributed by atoms with Crippen LogP contribution in [0.5, 0.6) is 0 Å². The second-order valence-electron chi connectivity index (χ2n) is 3.90. The summed E-state index contributed by atoms with van der Waals surface area (Å²) in [6, 6.07) is 0. The van der Waals surface area contributed by atoms with Crippen LogP contribution in [0.2, 0.25) is 0 Å². The molecule has 0 aliphatic rings. The highest BCUT2D eigenvalue weighted by molar-refractivity contribution is 7.47. The van der Waals surface area contributed by atoms with Gasteiger partial charge in [0.1, 0.15) is 0 Å². The van der Waals surface area contributed by atoms with Gasteiger partial charge >= 0.3 is 7.82 Å². The number of phosphoric acid groups is 1. The van der Waals surface area contributed by atoms with Gasteiger partial charge in [-0.25, -0.2) is 4.57 Å². The standard InChI is InChI=1S/C11H25O4P/c1-3-5-7-9-11-15-16(12,13)14-10-8-6-4-2/h3-11H2,1-2H3,(H,12,13). The molecule has 1 atom stereocenters. The normalized spacial score (nSPS) is 14.9. The Bertz CT molecular complexity index is 196. The van der Waals surface area contributed by atoms with Crippen LogP contribution in [0.15, 0.2) is 0 Å². The molecule has 0 spiro atoms. The van der Waals surface area contributed by atoms with Gasteiger partial charge in [0.05, 0.1) is 13.2 Å². The first-order valence-corrected chi connectivity index (χ1v) is 7.73. The summed E-state index contributed by atoms with van der Waals surface area (Å²) in [5.74, 6) is 0. The van der Waals surface area contributed by atoms with Crippen molar-refractivity contribution in [1.82, 2.24) is 0 Å². The van der Waals surface area contributed by atoms with Gasteiger partial charge in [0, 0.05) is 0 Å². The Hall–Kier alpha value is 0.110. The highest BCUT2D eigenvalue weighted by Crippen LogP contribution is 2.43. The molecule has 0 bridgehead atoms. The van der Waals surface area contributed by atoms with Gasteiger partial charge in [-0.1, -0.05) is 46.0 Å². The van der Waals surface area contributed by atoms with Crippen molar-refractivity contribution in [2.75, 3.05) is 13.2 Å². The van der Waals surface area contributed by atoms with E-state index in [-0.39, 0.29) is 0 Å². The van der Waals surface area contributed by atoms with E-state index in [2.05, 4.69) is 13.8 Å². The van der Waals surface area contributed by atoms with Gasteiger partial charge in [-0.05, 0) is 12.8 Å². The van der Waals surface area contributed by atoms with Crippen LogP contribution < -0.4 is 0 Å². The van der Waals surface area contributed by atoms with Crippen molar-refractivity contribution < 1.29 is 18.5 Å². The first-order valence-electron chi connectivity index (χ1n) is 6.24. The quantitative estimate of drug-likeness (QED) is 0.447. The fourth-order valence-electron chi connectivity index (χ4n) is 1.28. The Balaban J connectivity index is 3.43. The van der Waals surface area contributed by atoms with Crippen molar-refractivity contribution in [3.63, 3.8) is 0 Å². The number of hydrogen-bond acceptors (Lipinski definition) is 3. The summed E-state index contributed by atoms with van der Waals surface area (Å²) >= 11 is 0. The van der Waals surface area contributed by atoms with Crippen LogP contribution >= 0.6 is 7.82 Å². The smallest absolute Gasteiger partial charge is 0.302 e. The summed E-state index contributed by atoms with van der Waals surface area (Å²) < 4.78 is 21.0. The molecule has 0 aromatic rings. The zero-order valence-corrected chi connectivity index (χ0v) is 11.4. The fourth-order valence-corrected chi connectivity index (χ4v) is 2.07. The highest BCUT2D eigenvalue weighted by atomic mass is 31.2. The molecule has 1 N–H and O–H groups in total. The number of rotatable bonds is 11. The van der Waals surface area contributed by atoms with Crippen molar-refractivity contribution in [1.29, 1.82) is 0 Å². The highest BCUT2D eigenvalue weighted by Gasteiger charge is 2.19. The van der Waals surface area contributed by atoms with Crippen LogP contribution in [0.3, 0.4) is 0 Å². The Morgan fingerprint density at radius 3 is 1.81 bits per heavy atom. The average Bonchev–Trinajstić information content (AvgIpc) is 2.24. The predicted octanol–water partition coefficient (Wildman–Crippen LogP) is 3.89. The number of phosphoric ester groups is 1. The largest absolute Gasteiger partial charge is 0.472 e. The van der Waals surface area contributed by atoms with E-state index in [1.807, 2.05) is 0 Å². The number of hydrogen-bond donors (Lipinski definition) is 1. The summed E-state index contributed by atoms with van der Waals surface area (Å²) in [6.07, 6.45) is 7.01. The molecule has 98 valence electrons. The lowest BCUT2D eigenvalue weighted by Crippen LogP contribution is -1.98. The second-order valence-corrected chi connectivity index (χ2v) is 5.36. The molecule has 0 aliphatic heterocycles. The lowest BCUT2D eigenvalue weighted by Gasteiger charge is -2.11. The number of unbranched alkanes of at least 4 members (excludes halogenated alkanes) is 5. The third-order valence-corrected chi connectivity index (χ3v) is 3.27. The molecule has 0 saturated carbocycles. The van der Waals surface area contributed by atoms with E-state index in [0.29, 0.717) is 13.2 Å². The Morgan fingerprint density at radius 2 is 1.31 bits per heavy atom. The van der Waals surface area contributed by atoms with E-state index < -0.39 is 7.82 Å². The average molecular weight is 252 g/mol. The third-order valence-electron chi connectivity index (χ3n) is 2.25. The minimum absolute atomic E-state index is 0.302. The van der Waals surface area contributed by atoms with Crippen molar-refractivity contribution in [2.24, 2.45) is 0 Å². The molecule has 0 aliphatic carbocycles. The molecule has 0 amide bonds. The Labute approximate surface area is 99.0 Å². The molecular formula is C11H25O4P. The SMILES string of the molecule is CCCCCCOP(=O)(O)OCCCCC. The molecule has 5 heteroatoms. The van der Waals surface area contributed by atoms with Gasteiger partial charge in [0.25, 0.3) is 0 Å². The molecule has 0 radical (unpaired) electrons. The fraction of sp³-hybridized carbons (Fsp3) is 1.00. The Kier molecular flexibility index (Phi) is 10.3. The van der Waals surface area contributed by atoms with Crippen LogP contribution in [-0.2, 0) is 13.6 Å². The predicted molar refractivity (Wildman–Crippen MR) is 65.4 cm³/mol. The minimum atomic E-state index is -3.78. The zero-order valence-electron chi connectivity index (χ0n) is 10.5. The van der Waals surface area contributed by atoms with Crippen molar-refractivity contribution in [3.05, 3.63) is 0 Å². The van der Waals surface area contributed by atoms with Crippen molar-refractivity contribution >= 4 is 7.82 Å². The monoisotopic (exact) mass is 252 g/mol. The maximum absolute atomic E-state index is 11.3. The molecule has 16 heavy (non-hydrogen) atoms. The lowest BCUT2D eigenvalue weighted by atomic mass is 10.2. The first-order chi connectivity index (χ1) is 7.62. The van der Waals surface area contributed by atoms with E-state index >= 15 is 0 Å². The van der Waals surface area contributed by atoms with Crippen LogP contribution in [-0.4, -0.2) is 18.1 Å². The van der Waals surface area contributed by atoms with Gasteiger partial charge < -0.3 is 4.89 Å². The second kappa shape index (κ2) is 10.3. The van der Waals surface area contributed by atoms with Crippen LogP contribution in [0.25, 0.3) is 0 Å². The minimum Gasteiger partial charge on any atom is -0.302 e. The molecule has 1 unspecified atom stereocenters. The summed E-state index contributed by atoms with van der Waals surface area (Å²) in [4.78, 5) is 9.28. The van der Waals surface area contributed by atoms with E-state index in [1.54, 1.807) is 0 Å². The molecule has 0 saturated heterocycles. The molecule has 0 heterocycles. The Morgan fingerprint density at radius 1 is 0.875 bits per heavy atom. The van der Waals surface area contributed by atoms with Crippen molar-refractivity contribution in [3.8, 4) is 0 Å². The first kappa shape index (κ1) is 16.1. The van der Waals surface area contributed by atoms with Crippen LogP contribution in [0.1, 0.15) is 58.8 Å². The zero-order chi connectivity index (χ0) is 12.3. The summed E-state index contributed by atoms with van der Waals surface area (Å²) in [7, 11) is -3.78. The van der Waals surface area contributed by atoms with Gasteiger partial charge in [-0.3, -0.25) is 9.05 Å². The van der Waals surface area contributed by atoms with Gasteiger partial charge in [0.15, 0.2) is 0 Å².